The SMILES string of the molecule is Cn1cnnc1Sc1ccc(NC(=O)C2COCCN2)cc1Cl. The third-order valence-electron chi connectivity index (χ3n) is 3.31. The van der Waals surface area contributed by atoms with Crippen molar-refractivity contribution in [2.75, 3.05) is 25.1 Å². The molecule has 9 heteroatoms. The molecule has 1 saturated heterocycles. The predicted octanol–water partition coefficient (Wildman–Crippen LogP) is 1.55. The summed E-state index contributed by atoms with van der Waals surface area (Å²) in [4.78, 5) is 13.0. The number of nitrogens with zero attached hydrogens (tertiary/aromatic N) is 3. The van der Waals surface area contributed by atoms with E-state index < -0.39 is 0 Å². The van der Waals surface area contributed by atoms with Gasteiger partial charge >= 0.3 is 0 Å². The second-order valence-electron chi connectivity index (χ2n) is 5.04. The van der Waals surface area contributed by atoms with Crippen LogP contribution in [0, 0.1) is 0 Å². The van der Waals surface area contributed by atoms with Crippen molar-refractivity contribution in [3.05, 3.63) is 29.5 Å². The van der Waals surface area contributed by atoms with E-state index in [4.69, 9.17) is 16.3 Å². The number of aryl methyl sites for hydroxylation is 1. The molecule has 7 nitrogen and oxygen atoms in total. The van der Waals surface area contributed by atoms with E-state index in [9.17, 15) is 4.79 Å². The molecule has 1 atom stereocenters. The van der Waals surface area contributed by atoms with Gasteiger partial charge in [-0.05, 0) is 30.0 Å². The van der Waals surface area contributed by atoms with Crippen LogP contribution < -0.4 is 10.6 Å². The van der Waals surface area contributed by atoms with Gasteiger partial charge in [0.15, 0.2) is 5.16 Å². The quantitative estimate of drug-likeness (QED) is 0.868. The van der Waals surface area contributed by atoms with Crippen molar-refractivity contribution >= 4 is 35.0 Å². The number of aromatic nitrogens is 3. The van der Waals surface area contributed by atoms with E-state index in [1.165, 1.54) is 11.8 Å². The van der Waals surface area contributed by atoms with E-state index in [0.29, 0.717) is 30.5 Å². The Bertz CT molecular complexity index is 702. The molecular weight excluding hydrogens is 338 g/mol. The van der Waals surface area contributed by atoms with Crippen LogP contribution in [0.4, 0.5) is 5.69 Å². The van der Waals surface area contributed by atoms with Gasteiger partial charge in [0.2, 0.25) is 5.91 Å². The number of nitrogens with one attached hydrogen (secondary N) is 2. The van der Waals surface area contributed by atoms with Gasteiger partial charge in [-0.3, -0.25) is 4.79 Å². The molecule has 0 radical (unpaired) electrons. The molecule has 1 amide bonds. The van der Waals surface area contributed by atoms with E-state index in [-0.39, 0.29) is 11.9 Å². The first kappa shape index (κ1) is 16.3. The lowest BCUT2D eigenvalue weighted by Crippen LogP contribution is -2.48. The summed E-state index contributed by atoms with van der Waals surface area (Å²) in [7, 11) is 1.87. The number of halogens is 1. The summed E-state index contributed by atoms with van der Waals surface area (Å²) in [5.74, 6) is -0.130. The maximum Gasteiger partial charge on any atom is 0.243 e. The minimum Gasteiger partial charge on any atom is -0.378 e. The molecule has 2 heterocycles. The fourth-order valence-corrected chi connectivity index (χ4v) is 3.15. The van der Waals surface area contributed by atoms with Crippen LogP contribution in [0.1, 0.15) is 0 Å². The third kappa shape index (κ3) is 4.03. The number of hydrogen-bond acceptors (Lipinski definition) is 6. The highest BCUT2D eigenvalue weighted by Crippen LogP contribution is 2.33. The van der Waals surface area contributed by atoms with Crippen LogP contribution in [0.2, 0.25) is 5.02 Å². The minimum absolute atomic E-state index is 0.130. The Hall–Kier alpha value is -1.61. The van der Waals surface area contributed by atoms with E-state index >= 15 is 0 Å². The number of amides is 1. The van der Waals surface area contributed by atoms with Crippen LogP contribution in [0.5, 0.6) is 0 Å². The highest BCUT2D eigenvalue weighted by Gasteiger charge is 2.21. The molecule has 0 aliphatic carbocycles. The Morgan fingerprint density at radius 2 is 2.43 bits per heavy atom. The molecule has 1 aliphatic rings. The minimum atomic E-state index is -0.338. The average molecular weight is 354 g/mol. The Kier molecular flexibility index (Phi) is 5.16. The van der Waals surface area contributed by atoms with Crippen LogP contribution in [0.25, 0.3) is 0 Å². The lowest BCUT2D eigenvalue weighted by atomic mass is 10.2. The molecule has 122 valence electrons. The van der Waals surface area contributed by atoms with Crippen molar-refractivity contribution in [1.29, 1.82) is 0 Å². The van der Waals surface area contributed by atoms with Gasteiger partial charge in [0.1, 0.15) is 12.4 Å². The zero-order valence-electron chi connectivity index (χ0n) is 12.5. The van der Waals surface area contributed by atoms with Gasteiger partial charge in [0, 0.05) is 24.2 Å². The fraction of sp³-hybridized carbons (Fsp3) is 0.357. The molecule has 23 heavy (non-hydrogen) atoms. The Labute approximate surface area is 142 Å². The van der Waals surface area contributed by atoms with Gasteiger partial charge in [0.05, 0.1) is 18.2 Å². The molecular formula is C14H16ClN5O2S. The first-order chi connectivity index (χ1) is 11.1. The highest BCUT2D eigenvalue weighted by atomic mass is 35.5. The van der Waals surface area contributed by atoms with E-state index in [1.807, 2.05) is 23.7 Å². The molecule has 1 unspecified atom stereocenters. The number of benzene rings is 1. The summed E-state index contributed by atoms with van der Waals surface area (Å²) in [6.07, 6.45) is 1.63. The van der Waals surface area contributed by atoms with Gasteiger partial charge in [-0.1, -0.05) is 11.6 Å². The highest BCUT2D eigenvalue weighted by molar-refractivity contribution is 7.99. The number of hydrogen-bond donors (Lipinski definition) is 2. The Morgan fingerprint density at radius 1 is 1.57 bits per heavy atom. The topological polar surface area (TPSA) is 81.1 Å². The van der Waals surface area contributed by atoms with Gasteiger partial charge in [-0.25, -0.2) is 0 Å². The van der Waals surface area contributed by atoms with Gasteiger partial charge in [-0.2, -0.15) is 0 Å². The fourth-order valence-electron chi connectivity index (χ4n) is 2.09. The van der Waals surface area contributed by atoms with Crippen LogP contribution in [-0.4, -0.2) is 46.5 Å². The van der Waals surface area contributed by atoms with Crippen molar-refractivity contribution in [3.63, 3.8) is 0 Å². The maximum absolute atomic E-state index is 12.1. The summed E-state index contributed by atoms with van der Waals surface area (Å²) in [6, 6.07) is 5.05. The number of anilines is 1. The summed E-state index contributed by atoms with van der Waals surface area (Å²) in [6.45, 7) is 1.68. The van der Waals surface area contributed by atoms with Gasteiger partial charge in [-0.15, -0.1) is 10.2 Å². The predicted molar refractivity (Wildman–Crippen MR) is 87.8 cm³/mol. The van der Waals surface area contributed by atoms with Crippen LogP contribution >= 0.6 is 23.4 Å². The monoisotopic (exact) mass is 353 g/mol. The van der Waals surface area contributed by atoms with E-state index in [1.54, 1.807) is 12.4 Å². The number of morpholine rings is 1. The summed E-state index contributed by atoms with van der Waals surface area (Å²) >= 11 is 7.71. The Balaban J connectivity index is 1.66. The number of carbonyl (C=O) groups excluding carboxylic acids is 1. The summed E-state index contributed by atoms with van der Waals surface area (Å²) in [5.41, 5.74) is 0.648. The van der Waals surface area contributed by atoms with Gasteiger partial charge < -0.3 is 19.9 Å². The molecule has 3 rings (SSSR count). The van der Waals surface area contributed by atoms with Crippen molar-refractivity contribution in [1.82, 2.24) is 20.1 Å². The lowest BCUT2D eigenvalue weighted by Gasteiger charge is -2.23. The van der Waals surface area contributed by atoms with E-state index in [2.05, 4.69) is 20.8 Å². The molecule has 1 aliphatic heterocycles. The summed E-state index contributed by atoms with van der Waals surface area (Å²) < 4.78 is 7.10. The molecule has 0 spiro atoms. The smallest absolute Gasteiger partial charge is 0.243 e. The zero-order valence-corrected chi connectivity index (χ0v) is 14.0. The average Bonchev–Trinajstić information content (AvgIpc) is 2.96. The standard InChI is InChI=1S/C14H16ClN5O2S/c1-20-8-17-19-14(20)23-12-3-2-9(6-10(12)15)18-13(21)11-7-22-5-4-16-11/h2-3,6,8,11,16H,4-5,7H2,1H3,(H,18,21). The normalized spacial score (nSPS) is 17.9. The summed E-state index contributed by atoms with van der Waals surface area (Å²) in [5, 5.41) is 15.1. The van der Waals surface area contributed by atoms with Crippen LogP contribution in [0.3, 0.4) is 0 Å². The molecule has 1 fully saturated rings. The largest absolute Gasteiger partial charge is 0.378 e. The second-order valence-corrected chi connectivity index (χ2v) is 6.46. The van der Waals surface area contributed by atoms with E-state index in [0.717, 1.165) is 10.1 Å². The Morgan fingerprint density at radius 3 is 3.09 bits per heavy atom. The number of carbonyl (C=O) groups is 1. The number of rotatable bonds is 4. The van der Waals surface area contributed by atoms with Gasteiger partial charge in [0.25, 0.3) is 0 Å². The second kappa shape index (κ2) is 7.31. The molecule has 0 saturated carbocycles. The van der Waals surface area contributed by atoms with Crippen molar-refractivity contribution in [3.8, 4) is 0 Å². The van der Waals surface area contributed by atoms with Crippen LogP contribution in [0.15, 0.2) is 34.6 Å². The molecule has 1 aromatic heterocycles. The zero-order chi connectivity index (χ0) is 16.2. The van der Waals surface area contributed by atoms with Crippen molar-refractivity contribution < 1.29 is 9.53 Å². The lowest BCUT2D eigenvalue weighted by molar-refractivity contribution is -0.120. The third-order valence-corrected chi connectivity index (χ3v) is 4.86. The first-order valence-corrected chi connectivity index (χ1v) is 8.26. The molecule has 2 N–H and O–H groups in total. The first-order valence-electron chi connectivity index (χ1n) is 7.07. The van der Waals surface area contributed by atoms with Crippen LogP contribution in [-0.2, 0) is 16.6 Å². The van der Waals surface area contributed by atoms with Crippen molar-refractivity contribution in [2.24, 2.45) is 7.05 Å². The van der Waals surface area contributed by atoms with Crippen molar-refractivity contribution in [2.45, 2.75) is 16.1 Å². The molecule has 1 aromatic carbocycles. The molecule has 2 aromatic rings. The number of ether oxygens (including phenoxy) is 1. The maximum atomic E-state index is 12.1. The molecule has 0 bridgehead atoms.